The van der Waals surface area contributed by atoms with E-state index in [2.05, 4.69) is 47.7 Å². The lowest BCUT2D eigenvalue weighted by Gasteiger charge is -2.42. The van der Waals surface area contributed by atoms with Crippen LogP contribution in [0.2, 0.25) is 0 Å². The number of nitriles is 1. The second kappa shape index (κ2) is 11.8. The summed E-state index contributed by atoms with van der Waals surface area (Å²) in [5.74, 6) is -4.06. The average molecular weight is 624 g/mol. The summed E-state index contributed by atoms with van der Waals surface area (Å²) in [5, 5.41) is 17.8. The van der Waals surface area contributed by atoms with Gasteiger partial charge in [0.05, 0.1) is 54.7 Å². The zero-order valence-electron chi connectivity index (χ0n) is 25.6. The van der Waals surface area contributed by atoms with Crippen LogP contribution in [0.4, 0.5) is 24.7 Å². The molecule has 6 rings (SSSR count). The highest BCUT2D eigenvalue weighted by Crippen LogP contribution is 2.38. The van der Waals surface area contributed by atoms with Gasteiger partial charge in [-0.1, -0.05) is 6.58 Å². The molecule has 0 radical (unpaired) electrons. The fraction of sp³-hybridized carbons (Fsp3) is 0.516. The zero-order valence-corrected chi connectivity index (χ0v) is 25.6. The van der Waals surface area contributed by atoms with E-state index in [1.807, 2.05) is 11.1 Å². The van der Waals surface area contributed by atoms with Crippen molar-refractivity contribution in [2.45, 2.75) is 57.7 Å². The van der Waals surface area contributed by atoms with Crippen LogP contribution in [0.15, 0.2) is 24.7 Å². The van der Waals surface area contributed by atoms with Gasteiger partial charge in [0.1, 0.15) is 12.4 Å². The van der Waals surface area contributed by atoms with Crippen LogP contribution >= 0.6 is 0 Å². The number of nitrogens with zero attached hydrogens (tertiary/aromatic N) is 8. The number of benzene rings is 1. The van der Waals surface area contributed by atoms with Gasteiger partial charge in [-0.3, -0.25) is 14.8 Å². The lowest BCUT2D eigenvalue weighted by Crippen LogP contribution is -2.55. The van der Waals surface area contributed by atoms with Crippen molar-refractivity contribution in [1.82, 2.24) is 30.0 Å². The van der Waals surface area contributed by atoms with E-state index in [9.17, 15) is 23.2 Å². The third-order valence-electron chi connectivity index (χ3n) is 9.22. The van der Waals surface area contributed by atoms with Gasteiger partial charge in [-0.2, -0.15) is 20.3 Å². The number of rotatable bonds is 7. The van der Waals surface area contributed by atoms with Crippen molar-refractivity contribution in [1.29, 1.82) is 5.26 Å². The molecule has 0 aliphatic carbocycles. The summed E-state index contributed by atoms with van der Waals surface area (Å²) in [6.07, 6.45) is 2.13. The summed E-state index contributed by atoms with van der Waals surface area (Å²) in [6, 6.07) is 3.20. The molecule has 0 saturated carbocycles. The number of anilines is 2. The van der Waals surface area contributed by atoms with Crippen molar-refractivity contribution in [3.63, 3.8) is 0 Å². The Hall–Kier alpha value is -4.38. The third-order valence-corrected chi connectivity index (χ3v) is 9.22. The molecule has 0 spiro atoms. The molecule has 1 aromatic carbocycles. The van der Waals surface area contributed by atoms with Gasteiger partial charge in [-0.15, -0.1) is 0 Å². The highest BCUT2D eigenvalue weighted by molar-refractivity contribution is 5.94. The molecule has 2 fully saturated rings. The van der Waals surface area contributed by atoms with E-state index in [0.717, 1.165) is 39.0 Å². The minimum Gasteiger partial charge on any atom is -0.462 e. The largest absolute Gasteiger partial charge is 0.462 e. The maximum atomic E-state index is 14.1. The van der Waals surface area contributed by atoms with Crippen molar-refractivity contribution >= 4 is 28.3 Å². The third kappa shape index (κ3) is 5.88. The molecule has 5 heterocycles. The number of carbonyl (C=O) groups is 1. The number of alkyl halides is 2. The Kier molecular flexibility index (Phi) is 8.07. The lowest BCUT2D eigenvalue weighted by atomic mass is 9.99. The Labute approximate surface area is 259 Å². The molecule has 2 atom stereocenters. The Morgan fingerprint density at radius 2 is 2.02 bits per heavy atom. The monoisotopic (exact) mass is 623 g/mol. The standard InChI is InChI=1S/C31H36F3N9O2/c1-18-11-25-24(13-36-39-25)27(19(18)2)41-8-6-23-26(15-41)37-30(45-16-22-12-31(33,34)17-40(22)4)38-28(23)42-9-10-43(29(44)20(3)32)21(14-42)5-7-35/h11,13,21-22H,3,5-6,8-10,12,14-17H2,1-2,4H3,(H,36,39). The molecule has 45 heavy (non-hydrogen) atoms. The van der Waals surface area contributed by atoms with E-state index in [-0.39, 0.29) is 45.1 Å². The number of likely N-dealkylation sites (tertiary alicyclic amines) is 1. The predicted octanol–water partition coefficient (Wildman–Crippen LogP) is 3.66. The van der Waals surface area contributed by atoms with E-state index < -0.39 is 29.7 Å². The van der Waals surface area contributed by atoms with Crippen LogP contribution in [0.1, 0.15) is 35.2 Å². The lowest BCUT2D eigenvalue weighted by molar-refractivity contribution is -0.131. The van der Waals surface area contributed by atoms with Crippen LogP contribution < -0.4 is 14.5 Å². The molecule has 1 amide bonds. The van der Waals surface area contributed by atoms with E-state index in [0.29, 0.717) is 31.9 Å². The quantitative estimate of drug-likeness (QED) is 0.394. The van der Waals surface area contributed by atoms with Gasteiger partial charge in [0.25, 0.3) is 11.8 Å². The number of aromatic amines is 1. The maximum absolute atomic E-state index is 14.1. The summed E-state index contributed by atoms with van der Waals surface area (Å²) >= 11 is 0. The van der Waals surface area contributed by atoms with E-state index in [4.69, 9.17) is 14.7 Å². The number of hydrogen-bond acceptors (Lipinski definition) is 9. The molecule has 2 saturated heterocycles. The summed E-state index contributed by atoms with van der Waals surface area (Å²) < 4.78 is 48.0. The topological polar surface area (TPSA) is 118 Å². The Morgan fingerprint density at radius 1 is 1.22 bits per heavy atom. The van der Waals surface area contributed by atoms with Crippen molar-refractivity contribution in [3.05, 3.63) is 47.1 Å². The van der Waals surface area contributed by atoms with E-state index >= 15 is 0 Å². The summed E-state index contributed by atoms with van der Waals surface area (Å²) in [5.41, 5.74) is 5.94. The summed E-state index contributed by atoms with van der Waals surface area (Å²) in [4.78, 5) is 29.3. The van der Waals surface area contributed by atoms with Crippen molar-refractivity contribution < 1.29 is 22.7 Å². The van der Waals surface area contributed by atoms with Crippen LogP contribution in [-0.2, 0) is 17.8 Å². The highest BCUT2D eigenvalue weighted by Gasteiger charge is 2.43. The molecular weight excluding hydrogens is 587 g/mol. The van der Waals surface area contributed by atoms with Crippen LogP contribution in [0.3, 0.4) is 0 Å². The van der Waals surface area contributed by atoms with Crippen LogP contribution in [0.5, 0.6) is 6.01 Å². The van der Waals surface area contributed by atoms with Gasteiger partial charge in [-0.05, 0) is 44.5 Å². The van der Waals surface area contributed by atoms with Crippen LogP contribution in [-0.4, -0.2) is 100 Å². The number of aryl methyl sites for hydroxylation is 1. The first kappa shape index (κ1) is 30.6. The average Bonchev–Trinajstić information content (AvgIpc) is 3.57. The smallest absolute Gasteiger partial charge is 0.318 e. The molecule has 2 aromatic heterocycles. The second-order valence-corrected chi connectivity index (χ2v) is 12.2. The van der Waals surface area contributed by atoms with Gasteiger partial charge < -0.3 is 19.4 Å². The molecule has 3 aromatic rings. The number of likely N-dealkylation sites (N-methyl/N-ethyl adjacent to an activating group) is 1. The van der Waals surface area contributed by atoms with Gasteiger partial charge in [0.15, 0.2) is 5.83 Å². The van der Waals surface area contributed by atoms with Crippen molar-refractivity contribution in [2.24, 2.45) is 0 Å². The Bertz CT molecular complexity index is 1690. The molecule has 1 N–H and O–H groups in total. The first-order valence-electron chi connectivity index (χ1n) is 15.0. The molecule has 2 unspecified atom stereocenters. The highest BCUT2D eigenvalue weighted by atomic mass is 19.3. The van der Waals surface area contributed by atoms with Crippen LogP contribution in [0.25, 0.3) is 10.9 Å². The first-order valence-corrected chi connectivity index (χ1v) is 15.0. The second-order valence-electron chi connectivity index (χ2n) is 12.2. The zero-order chi connectivity index (χ0) is 32.0. The summed E-state index contributed by atoms with van der Waals surface area (Å²) in [6.45, 7) is 8.87. The van der Waals surface area contributed by atoms with Gasteiger partial charge >= 0.3 is 6.01 Å². The molecule has 14 heteroatoms. The molecule has 0 bridgehead atoms. The molecule has 11 nitrogen and oxygen atoms in total. The summed E-state index contributed by atoms with van der Waals surface area (Å²) in [7, 11) is 1.65. The minimum atomic E-state index is -2.78. The number of hydrogen-bond donors (Lipinski definition) is 1. The minimum absolute atomic E-state index is 0.00138. The molecule has 238 valence electrons. The van der Waals surface area contributed by atoms with Crippen molar-refractivity contribution in [3.8, 4) is 12.1 Å². The molecular formula is C31H36F3N9O2. The number of aromatic nitrogens is 4. The SMILES string of the molecule is C=C(F)C(=O)N1CCN(c2nc(OCC3CC(F)(F)CN3C)nc3c2CCN(c2c(C)c(C)cc4[nH]ncc24)C3)CC1CC#N. The fourth-order valence-corrected chi connectivity index (χ4v) is 6.79. The molecule has 3 aliphatic rings. The van der Waals surface area contributed by atoms with E-state index in [1.165, 1.54) is 4.90 Å². The van der Waals surface area contributed by atoms with Crippen molar-refractivity contribution in [2.75, 3.05) is 56.2 Å². The number of amides is 1. The van der Waals surface area contributed by atoms with E-state index in [1.54, 1.807) is 11.9 Å². The first-order chi connectivity index (χ1) is 21.5. The number of halogens is 3. The number of ether oxygens (including phenoxy) is 1. The van der Waals surface area contributed by atoms with Gasteiger partial charge in [0.2, 0.25) is 0 Å². The predicted molar refractivity (Wildman–Crippen MR) is 162 cm³/mol. The van der Waals surface area contributed by atoms with Crippen LogP contribution in [0, 0.1) is 25.2 Å². The van der Waals surface area contributed by atoms with Gasteiger partial charge in [-0.25, -0.2) is 13.2 Å². The number of carbonyl (C=O) groups excluding carboxylic acids is 1. The maximum Gasteiger partial charge on any atom is 0.318 e. The van der Waals surface area contributed by atoms with Gasteiger partial charge in [0, 0.05) is 49.6 Å². The Morgan fingerprint density at radius 3 is 2.73 bits per heavy atom. The fourth-order valence-electron chi connectivity index (χ4n) is 6.79. The number of nitrogens with one attached hydrogen (secondary N) is 1. The normalized spacial score (nSPS) is 21.6. The number of fused-ring (bicyclic) bond motifs is 2. The molecule has 3 aliphatic heterocycles. The Balaban J connectivity index is 1.34. The number of piperazine rings is 1. The number of H-pyrrole nitrogens is 1.